The molecule has 0 radical (unpaired) electrons. The molecule has 0 spiro atoms. The Morgan fingerprint density at radius 3 is 1.31 bits per heavy atom. The lowest BCUT2D eigenvalue weighted by molar-refractivity contribution is -0.134. The lowest BCUT2D eigenvalue weighted by Crippen LogP contribution is -2.33. The molecule has 0 fully saturated rings. The molecule has 2 aromatic rings. The van der Waals surface area contributed by atoms with Gasteiger partial charge in [0.15, 0.2) is 19.7 Å². The molecule has 0 saturated carbocycles. The van der Waals surface area contributed by atoms with Gasteiger partial charge in [-0.05, 0) is 51.9 Å². The van der Waals surface area contributed by atoms with E-state index in [1.54, 1.807) is 13.8 Å². The van der Waals surface area contributed by atoms with E-state index in [0.29, 0.717) is 49.2 Å². The van der Waals surface area contributed by atoms with Crippen molar-refractivity contribution >= 4 is 111 Å². The van der Waals surface area contributed by atoms with E-state index in [-0.39, 0.29) is 65.3 Å². The van der Waals surface area contributed by atoms with Gasteiger partial charge in [0.05, 0.1) is 10.5 Å². The van der Waals surface area contributed by atoms with Crippen LogP contribution in [-0.2, 0) is 49.3 Å². The zero-order chi connectivity index (χ0) is 35.4. The number of rotatable bonds is 8. The molecule has 0 aromatic carbocycles. The predicted molar refractivity (Wildman–Crippen MR) is 194 cm³/mol. The number of primary sulfonamides is 2. The summed E-state index contributed by atoms with van der Waals surface area (Å²) in [6.07, 6.45) is 1.98. The maximum atomic E-state index is 12.2. The van der Waals surface area contributed by atoms with Crippen LogP contribution in [0.5, 0.6) is 0 Å². The Hall–Kier alpha value is -1.26. The molecule has 8 N–H and O–H groups in total. The number of sulfonamides is 2. The second-order valence-corrected chi connectivity index (χ2v) is 20.9. The maximum absolute atomic E-state index is 12.2. The van der Waals surface area contributed by atoms with Gasteiger partial charge in [0.2, 0.25) is 20.0 Å². The first kappa shape index (κ1) is 46.7. The van der Waals surface area contributed by atoms with Crippen molar-refractivity contribution in [3.05, 3.63) is 35.4 Å². The van der Waals surface area contributed by atoms with E-state index >= 15 is 0 Å². The fourth-order valence-corrected chi connectivity index (χ4v) is 13.3. The highest BCUT2D eigenvalue weighted by Gasteiger charge is 2.40. The molecule has 2 aliphatic rings. The number of fused-ring (bicyclic) bond motifs is 2. The summed E-state index contributed by atoms with van der Waals surface area (Å²) in [5, 5.41) is 31.1. The quantitative estimate of drug-likeness (QED) is 0.163. The number of carboxylic acid groups (broad SMARTS) is 2. The maximum Gasteiger partial charge on any atom is 0.328 e. The van der Waals surface area contributed by atoms with Crippen molar-refractivity contribution in [2.75, 3.05) is 13.1 Å². The summed E-state index contributed by atoms with van der Waals surface area (Å²) in [5.41, 5.74) is 1.04. The third kappa shape index (κ3) is 11.6. The van der Waals surface area contributed by atoms with Crippen LogP contribution in [0.25, 0.3) is 0 Å². The summed E-state index contributed by atoms with van der Waals surface area (Å²) in [5.74, 6) is -2.51. The summed E-state index contributed by atoms with van der Waals surface area (Å²) < 4.78 is 94.5. The molecular formula is C24H38ClIN4O12S6. The molecule has 4 rings (SSSR count). The lowest BCUT2D eigenvalue weighted by atomic mass is 10.1. The number of carbonyl (C=O) groups is 2. The normalized spacial score (nSPS) is 22.2. The third-order valence-corrected chi connectivity index (χ3v) is 17.3. The lowest BCUT2D eigenvalue weighted by Gasteiger charge is -2.27. The Labute approximate surface area is 311 Å². The molecule has 0 unspecified atom stereocenters. The number of halogens is 2. The van der Waals surface area contributed by atoms with Gasteiger partial charge in [0.25, 0.3) is 0 Å². The predicted octanol–water partition coefficient (Wildman–Crippen LogP) is 1.98. The van der Waals surface area contributed by atoms with E-state index < -0.39 is 62.2 Å². The summed E-state index contributed by atoms with van der Waals surface area (Å²) in [4.78, 5) is 19.1. The Balaban J connectivity index is 0.000000731. The monoisotopic (exact) mass is 928 g/mol. The van der Waals surface area contributed by atoms with E-state index in [9.17, 15) is 43.3 Å². The zero-order valence-corrected chi connectivity index (χ0v) is 33.9. The largest absolute Gasteiger partial charge is 0.478 e. The van der Waals surface area contributed by atoms with Crippen LogP contribution in [0, 0.1) is 0 Å². The average Bonchev–Trinajstić information content (AvgIpc) is 3.58. The first-order chi connectivity index (χ1) is 21.0. The number of sulfone groups is 2. The van der Waals surface area contributed by atoms with Crippen molar-refractivity contribution in [1.82, 2.24) is 10.6 Å². The van der Waals surface area contributed by atoms with Gasteiger partial charge in [-0.15, -0.1) is 59.1 Å². The number of carboxylic acids is 2. The van der Waals surface area contributed by atoms with Crippen LogP contribution < -0.4 is 20.9 Å². The Morgan fingerprint density at radius 1 is 0.792 bits per heavy atom. The van der Waals surface area contributed by atoms with E-state index in [1.165, 1.54) is 12.1 Å². The van der Waals surface area contributed by atoms with Crippen LogP contribution in [0.15, 0.2) is 41.1 Å². The number of nitrogens with one attached hydrogen (secondary N) is 2. The Bertz CT molecular complexity index is 1790. The van der Waals surface area contributed by atoms with Gasteiger partial charge in [0, 0.05) is 35.4 Å². The minimum atomic E-state index is -3.88. The first-order valence-corrected chi connectivity index (χ1v) is 21.2. The fraction of sp³-hybridized carbons (Fsp3) is 0.500. The molecule has 4 atom stereocenters. The Morgan fingerprint density at radius 2 is 1.08 bits per heavy atom. The molecule has 2 aromatic heterocycles. The highest BCUT2D eigenvalue weighted by molar-refractivity contribution is 14.0. The van der Waals surface area contributed by atoms with Crippen LogP contribution in [-0.4, -0.2) is 79.4 Å². The van der Waals surface area contributed by atoms with Crippen molar-refractivity contribution in [2.24, 2.45) is 10.3 Å². The molecule has 0 aliphatic carbocycles. The van der Waals surface area contributed by atoms with E-state index in [1.807, 2.05) is 13.8 Å². The zero-order valence-electron chi connectivity index (χ0n) is 25.8. The third-order valence-electron chi connectivity index (χ3n) is 6.70. The molecule has 276 valence electrons. The van der Waals surface area contributed by atoms with Gasteiger partial charge in [-0.2, -0.15) is 0 Å². The Kier molecular flexibility index (Phi) is 17.8. The topological polar surface area (TPSA) is 287 Å². The molecule has 48 heavy (non-hydrogen) atoms. The highest BCUT2D eigenvalue weighted by atomic mass is 127. The van der Waals surface area contributed by atoms with Crippen LogP contribution in [0.3, 0.4) is 0 Å². The number of hydrogen-bond donors (Lipinski definition) is 6. The fourth-order valence-electron chi connectivity index (χ4n) is 4.50. The second-order valence-electron chi connectivity index (χ2n) is 10.1. The van der Waals surface area contributed by atoms with E-state index in [0.717, 1.165) is 22.7 Å². The molecule has 0 saturated heterocycles. The smallest absolute Gasteiger partial charge is 0.328 e. The number of aliphatic carboxylic acids is 2. The van der Waals surface area contributed by atoms with Crippen LogP contribution in [0.2, 0.25) is 0 Å². The van der Waals surface area contributed by atoms with Gasteiger partial charge < -0.3 is 20.8 Å². The second kappa shape index (κ2) is 18.3. The average molecular weight is 929 g/mol. The highest BCUT2D eigenvalue weighted by Crippen LogP contribution is 2.43. The number of nitrogens with two attached hydrogens (primary N) is 2. The summed E-state index contributed by atoms with van der Waals surface area (Å²) in [7, 11) is -14.7. The molecular weight excluding hydrogens is 891 g/mol. The standard InChI is InChI=1S/2C10H16N2O4S3.C4H4O4.ClH.HI/c2*1-3-12-8-4-6(2)18(13,14)10-7(8)5-9(17-10)19(11,15)16;5-3(6)1-2-4(7)8;;/h2*5-6,8,12H,3-4H2,1-2H3,(H2,11,15,16);1-2H,(H,5,6)(H,7,8);2*1H/b;;2-1-;;/t2*6-,8-;;;/m00.../s1. The van der Waals surface area contributed by atoms with Gasteiger partial charge in [-0.3, -0.25) is 0 Å². The summed E-state index contributed by atoms with van der Waals surface area (Å²) >= 11 is 1.48. The van der Waals surface area contributed by atoms with E-state index in [4.69, 9.17) is 20.5 Å². The van der Waals surface area contributed by atoms with Crippen LogP contribution in [0.1, 0.15) is 63.7 Å². The van der Waals surface area contributed by atoms with Crippen molar-refractivity contribution in [3.8, 4) is 0 Å². The molecule has 2 aliphatic heterocycles. The minimum Gasteiger partial charge on any atom is -0.478 e. The number of hydrogen-bond acceptors (Lipinski definition) is 14. The molecule has 0 bridgehead atoms. The molecule has 16 nitrogen and oxygen atoms in total. The summed E-state index contributed by atoms with van der Waals surface area (Å²) in [6.45, 7) is 8.47. The van der Waals surface area contributed by atoms with Gasteiger partial charge >= 0.3 is 11.9 Å². The van der Waals surface area contributed by atoms with E-state index in [2.05, 4.69) is 10.6 Å². The van der Waals surface area contributed by atoms with Crippen LogP contribution >= 0.6 is 59.1 Å². The van der Waals surface area contributed by atoms with Crippen LogP contribution in [0.4, 0.5) is 0 Å². The van der Waals surface area contributed by atoms with Gasteiger partial charge in [-0.1, -0.05) is 13.8 Å². The molecule has 4 heterocycles. The molecule has 24 heteroatoms. The van der Waals surface area contributed by atoms with Crippen molar-refractivity contribution < 1.29 is 53.5 Å². The SMILES string of the molecule is CCN[C@H]1C[C@H](C)S(=O)(=O)c2sc(S(N)(=O)=O)cc21.CCN[C@H]1C[C@H](C)S(=O)(=O)c2sc(S(N)(=O)=O)cc21.Cl.I.O=C(O)/C=C\C(=O)O. The van der Waals surface area contributed by atoms with Crippen molar-refractivity contribution in [3.63, 3.8) is 0 Å². The minimum absolute atomic E-state index is 0. The molecule has 0 amide bonds. The van der Waals surface area contributed by atoms with Crippen molar-refractivity contribution in [2.45, 2.75) is 80.0 Å². The van der Waals surface area contributed by atoms with Gasteiger partial charge in [0.1, 0.15) is 16.8 Å². The summed E-state index contributed by atoms with van der Waals surface area (Å²) in [6, 6.07) is 2.47. The van der Waals surface area contributed by atoms with Crippen molar-refractivity contribution in [1.29, 1.82) is 0 Å². The first-order valence-electron chi connectivity index (χ1n) is 13.4. The number of thiophene rings is 2. The van der Waals surface area contributed by atoms with Gasteiger partial charge in [-0.25, -0.2) is 53.5 Å².